The fraction of sp³-hybridized carbons (Fsp3) is 0.417. The molecule has 1 saturated heterocycles. The highest BCUT2D eigenvalue weighted by Gasteiger charge is 2.20. The molecular weight excluding hydrogens is 253 g/mol. The average molecular weight is 267 g/mol. The van der Waals surface area contributed by atoms with Crippen LogP contribution in [0.2, 0.25) is 0 Å². The first-order valence-corrected chi connectivity index (χ1v) is 6.00. The van der Waals surface area contributed by atoms with E-state index >= 15 is 0 Å². The van der Waals surface area contributed by atoms with Crippen molar-refractivity contribution in [3.63, 3.8) is 0 Å². The van der Waals surface area contributed by atoms with Crippen LogP contribution in [0.4, 0.5) is 10.1 Å². The van der Waals surface area contributed by atoms with E-state index in [4.69, 9.17) is 0 Å². The lowest BCUT2D eigenvalue weighted by Gasteiger charge is -2.23. The molecule has 0 saturated carbocycles. The van der Waals surface area contributed by atoms with Crippen molar-refractivity contribution in [1.82, 2.24) is 10.6 Å². The Hall–Kier alpha value is -2.02. The Balaban J connectivity index is 1.98. The molecule has 1 aromatic carbocycles. The van der Waals surface area contributed by atoms with E-state index in [2.05, 4.69) is 10.6 Å². The van der Waals surface area contributed by atoms with Gasteiger partial charge in [-0.15, -0.1) is 0 Å². The fourth-order valence-electron chi connectivity index (χ4n) is 2.01. The molecular formula is C12H14FN3O3. The number of nitro groups is 1. The van der Waals surface area contributed by atoms with Gasteiger partial charge in [0, 0.05) is 37.2 Å². The van der Waals surface area contributed by atoms with Crippen LogP contribution in [0.3, 0.4) is 0 Å². The second-order valence-corrected chi connectivity index (χ2v) is 4.43. The fourth-order valence-corrected chi connectivity index (χ4v) is 2.01. The highest BCUT2D eigenvalue weighted by molar-refractivity contribution is 5.76. The number of hydrogen-bond acceptors (Lipinski definition) is 4. The standard InChI is InChI=1S/C12H14FN3O3/c13-12-8(2-1-3-10(12)16(18)19)6-14-9-4-5-11(17)15-7-9/h1-3,9,14H,4-7H2,(H,15,17). The molecule has 2 N–H and O–H groups in total. The highest BCUT2D eigenvalue weighted by Crippen LogP contribution is 2.20. The predicted molar refractivity (Wildman–Crippen MR) is 65.9 cm³/mol. The summed E-state index contributed by atoms with van der Waals surface area (Å²) in [5.41, 5.74) is -0.262. The van der Waals surface area contributed by atoms with E-state index in [1.165, 1.54) is 12.1 Å². The Morgan fingerprint density at radius 2 is 2.32 bits per heavy atom. The van der Waals surface area contributed by atoms with E-state index < -0.39 is 16.4 Å². The summed E-state index contributed by atoms with van der Waals surface area (Å²) in [5.74, 6) is -0.792. The third-order valence-electron chi connectivity index (χ3n) is 3.10. The largest absolute Gasteiger partial charge is 0.355 e. The molecule has 102 valence electrons. The SMILES string of the molecule is O=C1CCC(NCc2cccc([N+](=O)[O-])c2F)CN1. The van der Waals surface area contributed by atoms with Gasteiger partial charge in [-0.25, -0.2) is 0 Å². The predicted octanol–water partition coefficient (Wildman–Crippen LogP) is 1.10. The number of piperidine rings is 1. The lowest BCUT2D eigenvalue weighted by atomic mass is 10.1. The topological polar surface area (TPSA) is 84.3 Å². The number of benzene rings is 1. The Morgan fingerprint density at radius 1 is 1.53 bits per heavy atom. The molecule has 19 heavy (non-hydrogen) atoms. The highest BCUT2D eigenvalue weighted by atomic mass is 19.1. The second-order valence-electron chi connectivity index (χ2n) is 4.43. The minimum absolute atomic E-state index is 0.0135. The van der Waals surface area contributed by atoms with Crippen LogP contribution in [0.25, 0.3) is 0 Å². The lowest BCUT2D eigenvalue weighted by molar-refractivity contribution is -0.387. The third kappa shape index (κ3) is 3.25. The van der Waals surface area contributed by atoms with Gasteiger partial charge in [0.15, 0.2) is 0 Å². The van der Waals surface area contributed by atoms with E-state index in [1.54, 1.807) is 0 Å². The van der Waals surface area contributed by atoms with Crippen LogP contribution in [0.15, 0.2) is 18.2 Å². The summed E-state index contributed by atoms with van der Waals surface area (Å²) in [4.78, 5) is 20.9. The molecule has 0 spiro atoms. The van der Waals surface area contributed by atoms with Crippen LogP contribution in [0.5, 0.6) is 0 Å². The normalized spacial score (nSPS) is 19.0. The van der Waals surface area contributed by atoms with E-state index in [9.17, 15) is 19.3 Å². The summed E-state index contributed by atoms with van der Waals surface area (Å²) >= 11 is 0. The quantitative estimate of drug-likeness (QED) is 0.632. The molecule has 0 bridgehead atoms. The third-order valence-corrected chi connectivity index (χ3v) is 3.10. The first kappa shape index (κ1) is 13.4. The second kappa shape index (κ2) is 5.75. The van der Waals surface area contributed by atoms with Gasteiger partial charge < -0.3 is 10.6 Å². The molecule has 0 aromatic heterocycles. The van der Waals surface area contributed by atoms with Gasteiger partial charge in [-0.05, 0) is 6.42 Å². The van der Waals surface area contributed by atoms with Crippen molar-refractivity contribution in [2.75, 3.05) is 6.54 Å². The van der Waals surface area contributed by atoms with Crippen molar-refractivity contribution in [1.29, 1.82) is 0 Å². The van der Waals surface area contributed by atoms with Gasteiger partial charge in [-0.3, -0.25) is 14.9 Å². The Kier molecular flexibility index (Phi) is 4.06. The summed E-state index contributed by atoms with van der Waals surface area (Å²) in [7, 11) is 0. The van der Waals surface area contributed by atoms with Crippen LogP contribution in [-0.4, -0.2) is 23.4 Å². The van der Waals surface area contributed by atoms with Gasteiger partial charge in [-0.2, -0.15) is 4.39 Å². The molecule has 0 aliphatic carbocycles. The number of nitro benzene ring substituents is 1. The molecule has 7 heteroatoms. The summed E-state index contributed by atoms with van der Waals surface area (Å²) in [6.07, 6.45) is 1.12. The van der Waals surface area contributed by atoms with Crippen molar-refractivity contribution >= 4 is 11.6 Å². The lowest BCUT2D eigenvalue weighted by Crippen LogP contribution is -2.45. The van der Waals surface area contributed by atoms with Crippen LogP contribution in [0.1, 0.15) is 18.4 Å². The number of nitrogens with one attached hydrogen (secondary N) is 2. The first-order chi connectivity index (χ1) is 9.08. The summed E-state index contributed by atoms with van der Waals surface area (Å²) < 4.78 is 13.8. The molecule has 1 aromatic rings. The Labute approximate surface area is 109 Å². The number of carbonyl (C=O) groups is 1. The van der Waals surface area contributed by atoms with Crippen LogP contribution >= 0.6 is 0 Å². The van der Waals surface area contributed by atoms with Gasteiger partial charge >= 0.3 is 5.69 Å². The van der Waals surface area contributed by atoms with E-state index in [0.717, 1.165) is 6.07 Å². The number of carbonyl (C=O) groups excluding carboxylic acids is 1. The van der Waals surface area contributed by atoms with Crippen LogP contribution in [-0.2, 0) is 11.3 Å². The molecule has 1 aliphatic heterocycles. The molecule has 1 aliphatic rings. The molecule has 6 nitrogen and oxygen atoms in total. The molecule has 1 atom stereocenters. The van der Waals surface area contributed by atoms with E-state index in [1.807, 2.05) is 0 Å². The van der Waals surface area contributed by atoms with Crippen molar-refractivity contribution in [3.05, 3.63) is 39.7 Å². The maximum atomic E-state index is 13.8. The minimum Gasteiger partial charge on any atom is -0.355 e. The monoisotopic (exact) mass is 267 g/mol. The van der Waals surface area contributed by atoms with E-state index in [0.29, 0.717) is 19.4 Å². The maximum absolute atomic E-state index is 13.8. The smallest absolute Gasteiger partial charge is 0.305 e. The van der Waals surface area contributed by atoms with Gasteiger partial charge in [0.05, 0.1) is 4.92 Å². The zero-order valence-electron chi connectivity index (χ0n) is 10.2. The summed E-state index contributed by atoms with van der Waals surface area (Å²) in [6, 6.07) is 4.17. The van der Waals surface area contributed by atoms with Crippen molar-refractivity contribution in [2.45, 2.75) is 25.4 Å². The first-order valence-electron chi connectivity index (χ1n) is 6.00. The number of nitrogens with zero attached hydrogens (tertiary/aromatic N) is 1. The molecule has 1 unspecified atom stereocenters. The van der Waals surface area contributed by atoms with Crippen molar-refractivity contribution < 1.29 is 14.1 Å². The van der Waals surface area contributed by atoms with Crippen LogP contribution < -0.4 is 10.6 Å². The maximum Gasteiger partial charge on any atom is 0.305 e. The zero-order valence-corrected chi connectivity index (χ0v) is 10.2. The molecule has 2 rings (SSSR count). The zero-order chi connectivity index (χ0) is 13.8. The summed E-state index contributed by atoms with van der Waals surface area (Å²) in [5, 5.41) is 16.4. The molecule has 1 heterocycles. The number of amides is 1. The molecule has 0 radical (unpaired) electrons. The van der Waals surface area contributed by atoms with Crippen LogP contribution in [0, 0.1) is 15.9 Å². The van der Waals surface area contributed by atoms with Crippen molar-refractivity contribution in [2.24, 2.45) is 0 Å². The Morgan fingerprint density at radius 3 is 2.95 bits per heavy atom. The van der Waals surface area contributed by atoms with Gasteiger partial charge in [0.1, 0.15) is 0 Å². The minimum atomic E-state index is -0.806. The van der Waals surface area contributed by atoms with Gasteiger partial charge in [-0.1, -0.05) is 12.1 Å². The number of rotatable bonds is 4. The molecule has 1 amide bonds. The number of hydrogen-bond donors (Lipinski definition) is 2. The van der Waals surface area contributed by atoms with Gasteiger partial charge in [0.25, 0.3) is 0 Å². The Bertz CT molecular complexity index is 497. The van der Waals surface area contributed by atoms with E-state index in [-0.39, 0.29) is 24.1 Å². The summed E-state index contributed by atoms with van der Waals surface area (Å²) in [6.45, 7) is 0.698. The average Bonchev–Trinajstić information content (AvgIpc) is 2.39. The number of halogens is 1. The van der Waals surface area contributed by atoms with Crippen molar-refractivity contribution in [3.8, 4) is 0 Å². The van der Waals surface area contributed by atoms with Gasteiger partial charge in [0.2, 0.25) is 11.7 Å². The molecule has 1 fully saturated rings.